The molecule has 2 heteroatoms. The Hall–Kier alpha value is -0.0800. The van der Waals surface area contributed by atoms with E-state index in [1.165, 1.54) is 6.42 Å². The van der Waals surface area contributed by atoms with E-state index in [0.717, 1.165) is 0 Å². The van der Waals surface area contributed by atoms with Crippen LogP contribution in [-0.2, 0) is 4.74 Å². The molecule has 2 atom stereocenters. The first kappa shape index (κ1) is 8.02. The molecule has 1 aliphatic rings. The van der Waals surface area contributed by atoms with Crippen LogP contribution in [0.15, 0.2) is 0 Å². The Morgan fingerprint density at radius 3 is 2.50 bits per heavy atom. The minimum Gasteiger partial charge on any atom is -0.383 e. The lowest BCUT2D eigenvalue weighted by atomic mass is 10.1. The molecule has 0 saturated heterocycles. The summed E-state index contributed by atoms with van der Waals surface area (Å²) in [6, 6.07) is 0.250. The molecule has 0 amide bonds. The summed E-state index contributed by atoms with van der Waals surface area (Å²) in [6.45, 7) is 5.22. The van der Waals surface area contributed by atoms with Gasteiger partial charge in [0.1, 0.15) is 0 Å². The second kappa shape index (κ2) is 2.51. The second-order valence-corrected chi connectivity index (χ2v) is 3.92. The first-order valence-electron chi connectivity index (χ1n) is 3.82. The summed E-state index contributed by atoms with van der Waals surface area (Å²) in [5.41, 5.74) is 6.32. The van der Waals surface area contributed by atoms with Gasteiger partial charge in [-0.05, 0) is 17.8 Å². The smallest absolute Gasteiger partial charge is 0.0616 e. The highest BCUT2D eigenvalue weighted by Crippen LogP contribution is 2.52. The molecule has 1 saturated carbocycles. The van der Waals surface area contributed by atoms with Gasteiger partial charge in [0.2, 0.25) is 0 Å². The Labute approximate surface area is 62.7 Å². The van der Waals surface area contributed by atoms with E-state index in [4.69, 9.17) is 10.5 Å². The molecule has 1 aliphatic carbocycles. The number of rotatable bonds is 3. The van der Waals surface area contributed by atoms with Gasteiger partial charge in [-0.25, -0.2) is 0 Å². The zero-order valence-corrected chi connectivity index (χ0v) is 7.05. The zero-order valence-electron chi connectivity index (χ0n) is 7.05. The van der Waals surface area contributed by atoms with Crippen molar-refractivity contribution in [2.24, 2.45) is 17.1 Å². The van der Waals surface area contributed by atoms with E-state index < -0.39 is 0 Å². The van der Waals surface area contributed by atoms with Crippen molar-refractivity contribution in [1.29, 1.82) is 0 Å². The van der Waals surface area contributed by atoms with Crippen molar-refractivity contribution in [3.05, 3.63) is 0 Å². The van der Waals surface area contributed by atoms with Crippen LogP contribution in [0.4, 0.5) is 0 Å². The number of hydrogen-bond acceptors (Lipinski definition) is 2. The first-order chi connectivity index (χ1) is 4.58. The van der Waals surface area contributed by atoms with Gasteiger partial charge in [-0.1, -0.05) is 13.8 Å². The van der Waals surface area contributed by atoms with Gasteiger partial charge < -0.3 is 10.5 Å². The van der Waals surface area contributed by atoms with E-state index in [0.29, 0.717) is 17.9 Å². The van der Waals surface area contributed by atoms with Crippen molar-refractivity contribution < 1.29 is 4.74 Å². The maximum absolute atomic E-state index is 5.84. The molecule has 2 nitrogen and oxygen atoms in total. The van der Waals surface area contributed by atoms with Crippen molar-refractivity contribution in [2.75, 3.05) is 13.7 Å². The Balaban J connectivity index is 2.25. The molecular weight excluding hydrogens is 126 g/mol. The maximum Gasteiger partial charge on any atom is 0.0616 e. The average molecular weight is 143 g/mol. The SMILES string of the molecule is COCC(N)C1CC1(C)C. The highest BCUT2D eigenvalue weighted by Gasteiger charge is 2.48. The van der Waals surface area contributed by atoms with Crippen LogP contribution >= 0.6 is 0 Å². The maximum atomic E-state index is 5.84. The van der Waals surface area contributed by atoms with Gasteiger partial charge >= 0.3 is 0 Å². The summed E-state index contributed by atoms with van der Waals surface area (Å²) in [7, 11) is 1.70. The summed E-state index contributed by atoms with van der Waals surface area (Å²) in [4.78, 5) is 0. The molecule has 60 valence electrons. The molecule has 0 spiro atoms. The molecule has 2 unspecified atom stereocenters. The number of methoxy groups -OCH3 is 1. The molecule has 1 fully saturated rings. The van der Waals surface area contributed by atoms with Gasteiger partial charge in [-0.15, -0.1) is 0 Å². The second-order valence-electron chi connectivity index (χ2n) is 3.92. The van der Waals surface area contributed by atoms with Crippen LogP contribution in [0, 0.1) is 11.3 Å². The molecule has 0 aromatic rings. The highest BCUT2D eigenvalue weighted by molar-refractivity contribution is 5.00. The fourth-order valence-electron chi connectivity index (χ4n) is 1.55. The van der Waals surface area contributed by atoms with Gasteiger partial charge in [-0.2, -0.15) is 0 Å². The summed E-state index contributed by atoms with van der Waals surface area (Å²) in [5, 5.41) is 0. The van der Waals surface area contributed by atoms with Gasteiger partial charge in [0.25, 0.3) is 0 Å². The fourth-order valence-corrected chi connectivity index (χ4v) is 1.55. The molecule has 0 bridgehead atoms. The quantitative estimate of drug-likeness (QED) is 0.640. The third kappa shape index (κ3) is 1.50. The van der Waals surface area contributed by atoms with E-state index in [-0.39, 0.29) is 6.04 Å². The van der Waals surface area contributed by atoms with E-state index in [9.17, 15) is 0 Å². The van der Waals surface area contributed by atoms with Crippen molar-refractivity contribution in [1.82, 2.24) is 0 Å². The predicted molar refractivity (Wildman–Crippen MR) is 41.7 cm³/mol. The van der Waals surface area contributed by atoms with Crippen LogP contribution in [0.3, 0.4) is 0 Å². The third-order valence-corrected chi connectivity index (χ3v) is 2.47. The lowest BCUT2D eigenvalue weighted by molar-refractivity contribution is 0.168. The predicted octanol–water partition coefficient (Wildman–Crippen LogP) is 1.01. The molecule has 0 aliphatic heterocycles. The van der Waals surface area contributed by atoms with Crippen molar-refractivity contribution in [3.63, 3.8) is 0 Å². The minimum absolute atomic E-state index is 0.250. The van der Waals surface area contributed by atoms with Crippen LogP contribution in [-0.4, -0.2) is 19.8 Å². The third-order valence-electron chi connectivity index (χ3n) is 2.47. The summed E-state index contributed by atoms with van der Waals surface area (Å²) >= 11 is 0. The Kier molecular flexibility index (Phi) is 2.02. The summed E-state index contributed by atoms with van der Waals surface area (Å²) in [5.74, 6) is 0.687. The highest BCUT2D eigenvalue weighted by atomic mass is 16.5. The Morgan fingerprint density at radius 1 is 1.70 bits per heavy atom. The zero-order chi connectivity index (χ0) is 7.78. The molecule has 0 aromatic carbocycles. The van der Waals surface area contributed by atoms with E-state index >= 15 is 0 Å². The molecule has 0 radical (unpaired) electrons. The van der Waals surface area contributed by atoms with Crippen LogP contribution in [0.2, 0.25) is 0 Å². The lowest BCUT2D eigenvalue weighted by Gasteiger charge is -2.11. The normalized spacial score (nSPS) is 31.8. The van der Waals surface area contributed by atoms with Crippen molar-refractivity contribution >= 4 is 0 Å². The van der Waals surface area contributed by atoms with Gasteiger partial charge in [0.15, 0.2) is 0 Å². The largest absolute Gasteiger partial charge is 0.383 e. The van der Waals surface area contributed by atoms with Crippen LogP contribution < -0.4 is 5.73 Å². The number of ether oxygens (including phenoxy) is 1. The van der Waals surface area contributed by atoms with Crippen LogP contribution in [0.1, 0.15) is 20.3 Å². The van der Waals surface area contributed by atoms with Gasteiger partial charge in [-0.3, -0.25) is 0 Å². The Morgan fingerprint density at radius 2 is 2.20 bits per heavy atom. The molecular formula is C8H17NO. The van der Waals surface area contributed by atoms with E-state index in [2.05, 4.69) is 13.8 Å². The molecule has 10 heavy (non-hydrogen) atoms. The molecule has 2 N–H and O–H groups in total. The van der Waals surface area contributed by atoms with E-state index in [1.807, 2.05) is 0 Å². The summed E-state index contributed by atoms with van der Waals surface area (Å²) in [6.07, 6.45) is 1.26. The lowest BCUT2D eigenvalue weighted by Crippen LogP contribution is -2.29. The van der Waals surface area contributed by atoms with Crippen molar-refractivity contribution in [3.8, 4) is 0 Å². The van der Waals surface area contributed by atoms with Crippen molar-refractivity contribution in [2.45, 2.75) is 26.3 Å². The average Bonchev–Trinajstić information content (AvgIpc) is 2.41. The number of nitrogens with two attached hydrogens (primary N) is 1. The molecule has 0 aromatic heterocycles. The summed E-state index contributed by atoms with van der Waals surface area (Å²) < 4.78 is 4.97. The molecule has 1 rings (SSSR count). The standard InChI is InChI=1S/C8H17NO/c1-8(2)4-6(8)7(9)5-10-3/h6-7H,4-5,9H2,1-3H3. The molecule has 0 heterocycles. The first-order valence-corrected chi connectivity index (χ1v) is 3.82. The van der Waals surface area contributed by atoms with E-state index in [1.54, 1.807) is 7.11 Å². The topological polar surface area (TPSA) is 35.2 Å². The monoisotopic (exact) mass is 143 g/mol. The minimum atomic E-state index is 0.250. The van der Waals surface area contributed by atoms with Gasteiger partial charge in [0, 0.05) is 13.2 Å². The van der Waals surface area contributed by atoms with Crippen LogP contribution in [0.5, 0.6) is 0 Å². The number of hydrogen-bond donors (Lipinski definition) is 1. The van der Waals surface area contributed by atoms with Crippen LogP contribution in [0.25, 0.3) is 0 Å². The Bertz CT molecular complexity index is 122. The fraction of sp³-hybridized carbons (Fsp3) is 1.00. The van der Waals surface area contributed by atoms with Gasteiger partial charge in [0.05, 0.1) is 6.61 Å².